The molecule has 0 fully saturated rings. The molecule has 1 aliphatic heterocycles. The number of para-hydroxylation sites is 2. The lowest BCUT2D eigenvalue weighted by Crippen LogP contribution is -2.36. The zero-order chi connectivity index (χ0) is 19.9. The van der Waals surface area contributed by atoms with E-state index in [2.05, 4.69) is 5.32 Å². The summed E-state index contributed by atoms with van der Waals surface area (Å²) in [5.74, 6) is 1.62. The van der Waals surface area contributed by atoms with Gasteiger partial charge in [-0.15, -0.1) is 11.8 Å². The van der Waals surface area contributed by atoms with Gasteiger partial charge < -0.3 is 15.0 Å². The van der Waals surface area contributed by atoms with E-state index in [0.29, 0.717) is 19.7 Å². The molecule has 0 aliphatic carbocycles. The number of benzene rings is 2. The number of hydrogen-bond donors (Lipinski definition) is 1. The van der Waals surface area contributed by atoms with Gasteiger partial charge in [0.25, 0.3) is 0 Å². The van der Waals surface area contributed by atoms with Gasteiger partial charge in [-0.3, -0.25) is 9.59 Å². The number of thioether (sulfide) groups is 1. The van der Waals surface area contributed by atoms with Crippen molar-refractivity contribution in [1.29, 1.82) is 0 Å². The number of nitrogens with zero attached hydrogens (tertiary/aromatic N) is 1. The number of anilines is 1. The summed E-state index contributed by atoms with van der Waals surface area (Å²) in [6.45, 7) is 5.52. The smallest absolute Gasteiger partial charge is 0.227 e. The van der Waals surface area contributed by atoms with Crippen LogP contribution in [0.15, 0.2) is 47.4 Å². The number of rotatable bonds is 7. The third-order valence-corrected chi connectivity index (χ3v) is 5.72. The highest BCUT2D eigenvalue weighted by Crippen LogP contribution is 2.34. The first-order valence-corrected chi connectivity index (χ1v) is 10.5. The van der Waals surface area contributed by atoms with E-state index in [1.165, 1.54) is 0 Å². The number of carbonyl (C=O) groups excluding carboxylic acids is 2. The molecule has 0 saturated carbocycles. The van der Waals surface area contributed by atoms with Crippen molar-refractivity contribution in [3.63, 3.8) is 0 Å². The van der Waals surface area contributed by atoms with Gasteiger partial charge in [-0.1, -0.05) is 30.3 Å². The molecule has 0 atom stereocenters. The number of nitrogens with one attached hydrogen (secondary N) is 1. The van der Waals surface area contributed by atoms with E-state index < -0.39 is 0 Å². The van der Waals surface area contributed by atoms with Gasteiger partial charge in [-0.25, -0.2) is 0 Å². The van der Waals surface area contributed by atoms with Crippen LogP contribution in [0, 0.1) is 13.8 Å². The lowest BCUT2D eigenvalue weighted by atomic mass is 10.1. The number of carbonyl (C=O) groups is 2. The third kappa shape index (κ3) is 5.07. The van der Waals surface area contributed by atoms with Gasteiger partial charge in [0, 0.05) is 30.0 Å². The van der Waals surface area contributed by atoms with Gasteiger partial charge >= 0.3 is 0 Å². The second-order valence-corrected chi connectivity index (χ2v) is 7.92. The molecule has 148 valence electrons. The predicted octanol–water partition coefficient (Wildman–Crippen LogP) is 3.72. The average Bonchev–Trinajstić information content (AvgIpc) is 2.70. The molecule has 5 nitrogen and oxygen atoms in total. The van der Waals surface area contributed by atoms with E-state index in [4.69, 9.17) is 4.74 Å². The Morgan fingerprint density at radius 3 is 2.61 bits per heavy atom. The van der Waals surface area contributed by atoms with E-state index in [1.807, 2.05) is 56.3 Å². The third-order valence-electron chi connectivity index (χ3n) is 4.67. The maximum atomic E-state index is 12.6. The molecule has 28 heavy (non-hydrogen) atoms. The summed E-state index contributed by atoms with van der Waals surface area (Å²) in [6.07, 6.45) is 0.399. The zero-order valence-electron chi connectivity index (χ0n) is 16.4. The van der Waals surface area contributed by atoms with Crippen LogP contribution in [0.3, 0.4) is 0 Å². The van der Waals surface area contributed by atoms with Crippen molar-refractivity contribution in [2.24, 2.45) is 0 Å². The monoisotopic (exact) mass is 398 g/mol. The summed E-state index contributed by atoms with van der Waals surface area (Å²) in [7, 11) is 0. The van der Waals surface area contributed by atoms with E-state index in [1.54, 1.807) is 16.7 Å². The Hall–Kier alpha value is -2.47. The Morgan fingerprint density at radius 2 is 1.82 bits per heavy atom. The van der Waals surface area contributed by atoms with E-state index in [-0.39, 0.29) is 24.7 Å². The van der Waals surface area contributed by atoms with Gasteiger partial charge in [0.15, 0.2) is 0 Å². The number of aryl methyl sites for hydroxylation is 2. The number of amides is 2. The van der Waals surface area contributed by atoms with E-state index >= 15 is 0 Å². The van der Waals surface area contributed by atoms with Crippen LogP contribution < -0.4 is 15.0 Å². The van der Waals surface area contributed by atoms with Gasteiger partial charge in [0.05, 0.1) is 12.2 Å². The highest BCUT2D eigenvalue weighted by molar-refractivity contribution is 7.99. The molecular formula is C22H26N2O3S. The van der Waals surface area contributed by atoms with Crippen LogP contribution in [0.4, 0.5) is 5.69 Å². The van der Waals surface area contributed by atoms with E-state index in [9.17, 15) is 9.59 Å². The largest absolute Gasteiger partial charge is 0.491 e. The Balaban J connectivity index is 1.41. The van der Waals surface area contributed by atoms with Crippen LogP contribution in [-0.2, 0) is 9.59 Å². The topological polar surface area (TPSA) is 58.6 Å². The molecule has 0 saturated heterocycles. The minimum Gasteiger partial charge on any atom is -0.491 e. The number of fused-ring (bicyclic) bond motifs is 1. The first-order valence-electron chi connectivity index (χ1n) is 9.54. The summed E-state index contributed by atoms with van der Waals surface area (Å²) in [4.78, 5) is 27.6. The highest BCUT2D eigenvalue weighted by atomic mass is 32.2. The number of hydrogen-bond acceptors (Lipinski definition) is 4. The molecular weight excluding hydrogens is 372 g/mol. The fourth-order valence-electron chi connectivity index (χ4n) is 3.24. The molecule has 0 bridgehead atoms. The molecule has 6 heteroatoms. The fourth-order valence-corrected chi connectivity index (χ4v) is 4.24. The van der Waals surface area contributed by atoms with Crippen molar-refractivity contribution < 1.29 is 14.3 Å². The summed E-state index contributed by atoms with van der Waals surface area (Å²) in [6, 6.07) is 13.9. The van der Waals surface area contributed by atoms with Crippen LogP contribution in [0.2, 0.25) is 0 Å². The van der Waals surface area contributed by atoms with Gasteiger partial charge in [-0.05, 0) is 37.1 Å². The number of ether oxygens (including phenoxy) is 1. The van der Waals surface area contributed by atoms with Crippen molar-refractivity contribution >= 4 is 29.3 Å². The van der Waals surface area contributed by atoms with E-state index in [0.717, 1.165) is 33.2 Å². The maximum absolute atomic E-state index is 12.6. The van der Waals surface area contributed by atoms with Crippen molar-refractivity contribution in [2.45, 2.75) is 31.6 Å². The fraction of sp³-hybridized carbons (Fsp3) is 0.364. The first kappa shape index (κ1) is 20.3. The van der Waals surface area contributed by atoms with Crippen molar-refractivity contribution in [2.75, 3.05) is 30.3 Å². The van der Waals surface area contributed by atoms with Crippen LogP contribution >= 0.6 is 11.8 Å². The molecule has 0 spiro atoms. The summed E-state index contributed by atoms with van der Waals surface area (Å²) >= 11 is 1.76. The summed E-state index contributed by atoms with van der Waals surface area (Å²) < 4.78 is 5.79. The van der Waals surface area contributed by atoms with Gasteiger partial charge in [-0.2, -0.15) is 0 Å². The molecule has 0 unspecified atom stereocenters. The maximum Gasteiger partial charge on any atom is 0.227 e. The molecule has 1 heterocycles. The Morgan fingerprint density at radius 1 is 1.07 bits per heavy atom. The summed E-state index contributed by atoms with van der Waals surface area (Å²) in [5.41, 5.74) is 3.11. The second-order valence-electron chi connectivity index (χ2n) is 6.78. The standard InChI is InChI=1S/C22H26N2O3S/c1-16-6-5-7-17(2)22(16)27-14-12-23-20(25)10-11-21(26)24-13-15-28-19-9-4-3-8-18(19)24/h3-9H,10-15H2,1-2H3,(H,23,25). The zero-order valence-corrected chi connectivity index (χ0v) is 17.2. The lowest BCUT2D eigenvalue weighted by molar-refractivity contribution is -0.125. The average molecular weight is 399 g/mol. The molecule has 0 aromatic heterocycles. The molecule has 0 radical (unpaired) electrons. The molecule has 1 aliphatic rings. The molecule has 1 N–H and O–H groups in total. The molecule has 3 rings (SSSR count). The van der Waals surface area contributed by atoms with Crippen LogP contribution in [0.1, 0.15) is 24.0 Å². The quantitative estimate of drug-likeness (QED) is 0.722. The minimum absolute atomic E-state index is 0.00492. The van der Waals surface area contributed by atoms with Gasteiger partial charge in [0.1, 0.15) is 12.4 Å². The minimum atomic E-state index is -0.127. The van der Waals surface area contributed by atoms with Crippen LogP contribution in [0.25, 0.3) is 0 Å². The molecule has 2 amide bonds. The van der Waals surface area contributed by atoms with Crippen molar-refractivity contribution in [3.8, 4) is 5.75 Å². The normalized spacial score (nSPS) is 13.0. The van der Waals surface area contributed by atoms with Crippen molar-refractivity contribution in [3.05, 3.63) is 53.6 Å². The SMILES string of the molecule is Cc1cccc(C)c1OCCNC(=O)CCC(=O)N1CCSc2ccccc21. The van der Waals surface area contributed by atoms with Gasteiger partial charge in [0.2, 0.25) is 11.8 Å². The Kier molecular flexibility index (Phi) is 6.98. The summed E-state index contributed by atoms with van der Waals surface area (Å²) in [5, 5.41) is 2.83. The lowest BCUT2D eigenvalue weighted by Gasteiger charge is -2.29. The molecule has 2 aromatic carbocycles. The predicted molar refractivity (Wildman–Crippen MR) is 113 cm³/mol. The van der Waals surface area contributed by atoms with Crippen LogP contribution in [0.5, 0.6) is 5.75 Å². The van der Waals surface area contributed by atoms with Crippen molar-refractivity contribution in [1.82, 2.24) is 5.32 Å². The highest BCUT2D eigenvalue weighted by Gasteiger charge is 2.22. The Bertz CT molecular complexity index is 833. The first-order chi connectivity index (χ1) is 13.6. The second kappa shape index (κ2) is 9.64. The molecule has 2 aromatic rings. The van der Waals surface area contributed by atoms with Crippen LogP contribution in [-0.4, -0.2) is 37.3 Å². The Labute approximate surface area is 170 Å².